The maximum Gasteiger partial charge on any atom is 0.335 e. The minimum atomic E-state index is -4.01. The number of rotatable bonds is 4. The quantitative estimate of drug-likeness (QED) is 0.892. The summed E-state index contributed by atoms with van der Waals surface area (Å²) in [5, 5.41) is 8.64. The second-order valence-electron chi connectivity index (χ2n) is 4.52. The van der Waals surface area contributed by atoms with Gasteiger partial charge in [0.1, 0.15) is 10.7 Å². The van der Waals surface area contributed by atoms with Crippen LogP contribution in [0.3, 0.4) is 0 Å². The van der Waals surface area contributed by atoms with Crippen molar-refractivity contribution in [2.24, 2.45) is 0 Å². The Morgan fingerprint density at radius 2 is 1.91 bits per heavy atom. The molecule has 0 aromatic heterocycles. The third-order valence-electron chi connectivity index (χ3n) is 2.90. The van der Waals surface area contributed by atoms with E-state index in [1.807, 2.05) is 0 Å². The molecule has 0 aliphatic carbocycles. The molecule has 2 aromatic rings. The Bertz CT molecular complexity index is 852. The van der Waals surface area contributed by atoms with Crippen molar-refractivity contribution in [3.8, 4) is 0 Å². The van der Waals surface area contributed by atoms with Crippen molar-refractivity contribution in [1.82, 2.24) is 0 Å². The van der Waals surface area contributed by atoms with E-state index in [4.69, 9.17) is 16.7 Å². The minimum Gasteiger partial charge on any atom is -0.478 e. The summed E-state index contributed by atoms with van der Waals surface area (Å²) in [6.45, 7) is 1.57. The molecule has 0 saturated carbocycles. The molecule has 0 radical (unpaired) electrons. The monoisotopic (exact) mass is 343 g/mol. The van der Waals surface area contributed by atoms with Gasteiger partial charge in [-0.1, -0.05) is 11.6 Å². The summed E-state index contributed by atoms with van der Waals surface area (Å²) in [6, 6.07) is 6.90. The van der Waals surface area contributed by atoms with Gasteiger partial charge in [0.15, 0.2) is 0 Å². The molecule has 0 spiro atoms. The number of anilines is 1. The van der Waals surface area contributed by atoms with E-state index in [0.29, 0.717) is 5.56 Å². The molecule has 2 rings (SSSR count). The molecular weight excluding hydrogens is 333 g/mol. The fourth-order valence-electron chi connectivity index (χ4n) is 1.80. The lowest BCUT2D eigenvalue weighted by Gasteiger charge is -2.12. The Kier molecular flexibility index (Phi) is 4.39. The van der Waals surface area contributed by atoms with Crippen molar-refractivity contribution >= 4 is 33.3 Å². The number of nitrogens with one attached hydrogen (secondary N) is 1. The van der Waals surface area contributed by atoms with Gasteiger partial charge in [0, 0.05) is 0 Å². The first-order valence-electron chi connectivity index (χ1n) is 6.02. The van der Waals surface area contributed by atoms with Gasteiger partial charge in [-0.2, -0.15) is 0 Å². The molecule has 2 aromatic carbocycles. The first-order chi connectivity index (χ1) is 10.2. The number of hydrogen-bond donors (Lipinski definition) is 2. The van der Waals surface area contributed by atoms with Crippen LogP contribution < -0.4 is 4.72 Å². The topological polar surface area (TPSA) is 83.5 Å². The van der Waals surface area contributed by atoms with Crippen molar-refractivity contribution in [2.75, 3.05) is 4.72 Å². The molecule has 0 atom stereocenters. The zero-order valence-corrected chi connectivity index (χ0v) is 12.9. The number of halogens is 2. The highest BCUT2D eigenvalue weighted by atomic mass is 35.5. The van der Waals surface area contributed by atoms with Crippen LogP contribution in [0.4, 0.5) is 10.1 Å². The smallest absolute Gasteiger partial charge is 0.335 e. The molecule has 0 fully saturated rings. The second kappa shape index (κ2) is 5.94. The van der Waals surface area contributed by atoms with E-state index < -0.39 is 21.8 Å². The third kappa shape index (κ3) is 3.37. The zero-order valence-electron chi connectivity index (χ0n) is 11.3. The Morgan fingerprint density at radius 1 is 1.23 bits per heavy atom. The first-order valence-corrected chi connectivity index (χ1v) is 7.88. The van der Waals surface area contributed by atoms with Crippen molar-refractivity contribution in [3.63, 3.8) is 0 Å². The van der Waals surface area contributed by atoms with Crippen LogP contribution in [-0.2, 0) is 10.0 Å². The van der Waals surface area contributed by atoms with Crippen molar-refractivity contribution in [2.45, 2.75) is 11.8 Å². The van der Waals surface area contributed by atoms with Crippen molar-refractivity contribution in [1.29, 1.82) is 0 Å². The molecular formula is C14H11ClFNO4S. The van der Waals surface area contributed by atoms with E-state index in [1.54, 1.807) is 6.92 Å². The van der Waals surface area contributed by atoms with E-state index >= 15 is 0 Å². The number of aryl methyl sites for hydroxylation is 1. The molecule has 0 heterocycles. The van der Waals surface area contributed by atoms with Gasteiger partial charge in [-0.05, 0) is 48.9 Å². The summed E-state index contributed by atoms with van der Waals surface area (Å²) >= 11 is 5.75. The lowest BCUT2D eigenvalue weighted by atomic mass is 10.1. The summed E-state index contributed by atoms with van der Waals surface area (Å²) in [5.74, 6) is -1.76. The Hall–Kier alpha value is -2.12. The molecule has 0 saturated heterocycles. The van der Waals surface area contributed by atoms with Crippen LogP contribution in [0.25, 0.3) is 0 Å². The van der Waals surface area contributed by atoms with E-state index in [-0.39, 0.29) is 21.2 Å². The molecule has 0 aliphatic heterocycles. The summed E-state index contributed by atoms with van der Waals surface area (Å²) in [7, 11) is -4.01. The lowest BCUT2D eigenvalue weighted by molar-refractivity contribution is 0.0697. The molecule has 2 N–H and O–H groups in total. The maximum absolute atomic E-state index is 13.0. The van der Waals surface area contributed by atoms with Crippen LogP contribution in [0.15, 0.2) is 41.3 Å². The lowest BCUT2D eigenvalue weighted by Crippen LogP contribution is -2.14. The molecule has 0 unspecified atom stereocenters. The number of aromatic carboxylic acids is 1. The van der Waals surface area contributed by atoms with Gasteiger partial charge in [-0.3, -0.25) is 4.72 Å². The third-order valence-corrected chi connectivity index (χ3v) is 4.75. The number of hydrogen-bond acceptors (Lipinski definition) is 3. The molecule has 8 heteroatoms. The highest BCUT2D eigenvalue weighted by Gasteiger charge is 2.19. The molecule has 0 bridgehead atoms. The van der Waals surface area contributed by atoms with E-state index in [0.717, 1.165) is 18.2 Å². The molecule has 0 aliphatic rings. The Balaban J connectivity index is 2.39. The van der Waals surface area contributed by atoms with Gasteiger partial charge < -0.3 is 5.11 Å². The molecule has 116 valence electrons. The van der Waals surface area contributed by atoms with E-state index in [9.17, 15) is 17.6 Å². The number of benzene rings is 2. The summed E-state index contributed by atoms with van der Waals surface area (Å²) in [5.41, 5.74) is 0.687. The highest BCUT2D eigenvalue weighted by molar-refractivity contribution is 7.92. The summed E-state index contributed by atoms with van der Waals surface area (Å²) < 4.78 is 39.8. The van der Waals surface area contributed by atoms with Crippen LogP contribution in [0, 0.1) is 12.7 Å². The zero-order chi connectivity index (χ0) is 16.5. The summed E-state index contributed by atoms with van der Waals surface area (Å²) in [4.78, 5) is 10.6. The number of carboxylic acids is 1. The van der Waals surface area contributed by atoms with Crippen LogP contribution in [0.2, 0.25) is 5.02 Å². The minimum absolute atomic E-state index is 0.0419. The van der Waals surface area contributed by atoms with Gasteiger partial charge >= 0.3 is 5.97 Å². The second-order valence-corrected chi connectivity index (χ2v) is 6.57. The Labute approximate surface area is 131 Å². The largest absolute Gasteiger partial charge is 0.478 e. The molecule has 22 heavy (non-hydrogen) atoms. The molecule has 5 nitrogen and oxygen atoms in total. The predicted octanol–water partition coefficient (Wildman–Crippen LogP) is 3.29. The summed E-state index contributed by atoms with van der Waals surface area (Å²) in [6.07, 6.45) is 0. The predicted molar refractivity (Wildman–Crippen MR) is 80.4 cm³/mol. The van der Waals surface area contributed by atoms with Crippen LogP contribution in [-0.4, -0.2) is 19.5 Å². The fourth-order valence-corrected chi connectivity index (χ4v) is 3.47. The first kappa shape index (κ1) is 16.3. The van der Waals surface area contributed by atoms with Crippen molar-refractivity contribution in [3.05, 3.63) is 58.4 Å². The van der Waals surface area contributed by atoms with Gasteiger partial charge in [0.25, 0.3) is 10.0 Å². The van der Waals surface area contributed by atoms with Crippen LogP contribution >= 0.6 is 11.6 Å². The SMILES string of the molecule is Cc1cc(C(=O)O)ccc1NS(=O)(=O)c1ccc(F)cc1Cl. The number of carbonyl (C=O) groups is 1. The Morgan fingerprint density at radius 3 is 2.45 bits per heavy atom. The van der Waals surface area contributed by atoms with E-state index in [2.05, 4.69) is 4.72 Å². The van der Waals surface area contributed by atoms with Gasteiger partial charge in [0.2, 0.25) is 0 Å². The normalized spacial score (nSPS) is 11.2. The fraction of sp³-hybridized carbons (Fsp3) is 0.0714. The standard InChI is InChI=1S/C14H11ClFNO4S/c1-8-6-9(14(18)19)2-4-12(8)17-22(20,21)13-5-3-10(16)7-11(13)15/h2-7,17H,1H3,(H,18,19). The average Bonchev–Trinajstić information content (AvgIpc) is 2.40. The van der Waals surface area contributed by atoms with Gasteiger partial charge in [-0.25, -0.2) is 17.6 Å². The average molecular weight is 344 g/mol. The number of carboxylic acid groups (broad SMARTS) is 1. The van der Waals surface area contributed by atoms with Gasteiger partial charge in [-0.15, -0.1) is 0 Å². The maximum atomic E-state index is 13.0. The van der Waals surface area contributed by atoms with Crippen molar-refractivity contribution < 1.29 is 22.7 Å². The van der Waals surface area contributed by atoms with E-state index in [1.165, 1.54) is 18.2 Å². The van der Waals surface area contributed by atoms with Crippen LogP contribution in [0.1, 0.15) is 15.9 Å². The molecule has 0 amide bonds. The number of sulfonamides is 1. The highest BCUT2D eigenvalue weighted by Crippen LogP contribution is 2.26. The van der Waals surface area contributed by atoms with Crippen LogP contribution in [0.5, 0.6) is 0 Å². The van der Waals surface area contributed by atoms with Gasteiger partial charge in [0.05, 0.1) is 16.3 Å².